The summed E-state index contributed by atoms with van der Waals surface area (Å²) in [6.45, 7) is 0. The van der Waals surface area contributed by atoms with Crippen LogP contribution in [0.1, 0.15) is 10.4 Å². The van der Waals surface area contributed by atoms with Crippen LogP contribution in [0.3, 0.4) is 0 Å². The van der Waals surface area contributed by atoms with Gasteiger partial charge in [0.2, 0.25) is 0 Å². The lowest BCUT2D eigenvalue weighted by Gasteiger charge is -2.12. The number of nitrogens with zero attached hydrogens (tertiary/aromatic N) is 2. The molecule has 2 heterocycles. The fourth-order valence-corrected chi connectivity index (χ4v) is 3.54. The SMILES string of the molecule is COc1ccc(-c2ocnc2-c2cc(Cl)c(OC)c(OC)c2)cc1OC(=O)c1ccncc1. The first kappa shape index (κ1) is 22.2. The Morgan fingerprint density at radius 2 is 1.61 bits per heavy atom. The van der Waals surface area contributed by atoms with Crippen molar-refractivity contribution in [2.75, 3.05) is 21.3 Å². The third kappa shape index (κ3) is 4.47. The quantitative estimate of drug-likeness (QED) is 0.267. The molecule has 2 aromatic heterocycles. The average Bonchev–Trinajstić information content (AvgIpc) is 3.34. The molecule has 9 heteroatoms. The van der Waals surface area contributed by atoms with Crippen molar-refractivity contribution < 1.29 is 28.2 Å². The van der Waals surface area contributed by atoms with Gasteiger partial charge in [0.1, 0.15) is 5.69 Å². The Balaban J connectivity index is 1.74. The first-order valence-corrected chi connectivity index (χ1v) is 10.1. The lowest BCUT2D eigenvalue weighted by Crippen LogP contribution is -2.09. The molecule has 33 heavy (non-hydrogen) atoms. The van der Waals surface area contributed by atoms with E-state index in [1.165, 1.54) is 40.1 Å². The molecule has 8 nitrogen and oxygen atoms in total. The number of aromatic nitrogens is 2. The predicted octanol–water partition coefficient (Wildman–Crippen LogP) is 5.30. The molecular weight excluding hydrogens is 448 g/mol. The van der Waals surface area contributed by atoms with Crippen LogP contribution in [-0.4, -0.2) is 37.3 Å². The highest BCUT2D eigenvalue weighted by Crippen LogP contribution is 2.42. The van der Waals surface area contributed by atoms with Crippen molar-refractivity contribution in [1.29, 1.82) is 0 Å². The Bertz CT molecular complexity index is 1290. The summed E-state index contributed by atoms with van der Waals surface area (Å²) in [5.41, 5.74) is 2.16. The minimum atomic E-state index is -0.544. The number of rotatable bonds is 7. The van der Waals surface area contributed by atoms with Gasteiger partial charge in [-0.05, 0) is 42.5 Å². The second-order valence-electron chi connectivity index (χ2n) is 6.71. The molecule has 0 aliphatic rings. The third-order valence-corrected chi connectivity index (χ3v) is 5.10. The van der Waals surface area contributed by atoms with Crippen molar-refractivity contribution in [3.63, 3.8) is 0 Å². The smallest absolute Gasteiger partial charge is 0.343 e. The van der Waals surface area contributed by atoms with Crippen LogP contribution >= 0.6 is 11.6 Å². The molecule has 0 saturated carbocycles. The van der Waals surface area contributed by atoms with Gasteiger partial charge in [0.15, 0.2) is 35.2 Å². The molecule has 168 valence electrons. The number of ether oxygens (including phenoxy) is 4. The Morgan fingerprint density at radius 3 is 2.30 bits per heavy atom. The predicted molar refractivity (Wildman–Crippen MR) is 121 cm³/mol. The maximum atomic E-state index is 12.6. The van der Waals surface area contributed by atoms with E-state index >= 15 is 0 Å². The first-order chi connectivity index (χ1) is 16.0. The Labute approximate surface area is 194 Å². The van der Waals surface area contributed by atoms with Crippen LogP contribution in [0.5, 0.6) is 23.0 Å². The highest BCUT2D eigenvalue weighted by molar-refractivity contribution is 6.32. The molecule has 4 aromatic rings. The molecule has 0 spiro atoms. The number of hydrogen-bond donors (Lipinski definition) is 0. The van der Waals surface area contributed by atoms with Crippen LogP contribution in [0, 0.1) is 0 Å². The van der Waals surface area contributed by atoms with Crippen molar-refractivity contribution in [2.24, 2.45) is 0 Å². The largest absolute Gasteiger partial charge is 0.493 e. The van der Waals surface area contributed by atoms with E-state index < -0.39 is 5.97 Å². The van der Waals surface area contributed by atoms with Crippen molar-refractivity contribution >= 4 is 17.6 Å². The molecule has 0 aliphatic heterocycles. The number of pyridine rings is 1. The maximum Gasteiger partial charge on any atom is 0.343 e. The van der Waals surface area contributed by atoms with Gasteiger partial charge in [-0.3, -0.25) is 4.98 Å². The fraction of sp³-hybridized carbons (Fsp3) is 0.125. The monoisotopic (exact) mass is 466 g/mol. The Kier molecular flexibility index (Phi) is 6.46. The summed E-state index contributed by atoms with van der Waals surface area (Å²) in [5.74, 6) is 1.39. The van der Waals surface area contributed by atoms with Crippen LogP contribution < -0.4 is 18.9 Å². The standard InChI is InChI=1S/C24H19ClN2O6/c1-29-18-5-4-15(11-19(18)33-24(28)14-6-8-26-9-7-14)22-21(27-13-32-22)16-10-17(25)23(31-3)20(12-16)30-2/h4-13H,1-3H3. The zero-order valence-electron chi connectivity index (χ0n) is 18.0. The number of hydrogen-bond acceptors (Lipinski definition) is 8. The van der Waals surface area contributed by atoms with E-state index in [9.17, 15) is 4.79 Å². The first-order valence-electron chi connectivity index (χ1n) is 9.71. The zero-order chi connectivity index (χ0) is 23.4. The van der Waals surface area contributed by atoms with Crippen LogP contribution in [0.4, 0.5) is 0 Å². The second kappa shape index (κ2) is 9.62. The highest BCUT2D eigenvalue weighted by atomic mass is 35.5. The molecule has 0 N–H and O–H groups in total. The molecule has 0 bridgehead atoms. The third-order valence-electron chi connectivity index (χ3n) is 4.82. The van der Waals surface area contributed by atoms with Gasteiger partial charge >= 0.3 is 5.97 Å². The fourth-order valence-electron chi connectivity index (χ4n) is 3.26. The van der Waals surface area contributed by atoms with Gasteiger partial charge in [0.25, 0.3) is 0 Å². The summed E-state index contributed by atoms with van der Waals surface area (Å²) in [5, 5.41) is 0.363. The minimum Gasteiger partial charge on any atom is -0.493 e. The summed E-state index contributed by atoms with van der Waals surface area (Å²) >= 11 is 6.37. The lowest BCUT2D eigenvalue weighted by atomic mass is 10.0. The molecule has 0 radical (unpaired) electrons. The average molecular weight is 467 g/mol. The molecule has 0 saturated heterocycles. The highest BCUT2D eigenvalue weighted by Gasteiger charge is 2.20. The summed E-state index contributed by atoms with van der Waals surface area (Å²) in [6, 6.07) is 11.7. The number of benzene rings is 2. The second-order valence-corrected chi connectivity index (χ2v) is 7.12. The van der Waals surface area contributed by atoms with Gasteiger partial charge in [-0.15, -0.1) is 0 Å². The van der Waals surface area contributed by atoms with Crippen molar-refractivity contribution in [3.05, 3.63) is 71.8 Å². The molecule has 0 atom stereocenters. The minimum absolute atomic E-state index is 0.226. The van der Waals surface area contributed by atoms with E-state index in [1.807, 2.05) is 0 Å². The van der Waals surface area contributed by atoms with Gasteiger partial charge in [-0.1, -0.05) is 11.6 Å². The Hall–Kier alpha value is -4.04. The summed E-state index contributed by atoms with van der Waals surface area (Å²) < 4.78 is 27.3. The molecule has 0 aliphatic carbocycles. The lowest BCUT2D eigenvalue weighted by molar-refractivity contribution is 0.0729. The van der Waals surface area contributed by atoms with Gasteiger partial charge in [0.05, 0.1) is 31.9 Å². The number of esters is 1. The van der Waals surface area contributed by atoms with Crippen molar-refractivity contribution in [3.8, 4) is 45.6 Å². The van der Waals surface area contributed by atoms with E-state index in [1.54, 1.807) is 42.5 Å². The van der Waals surface area contributed by atoms with Crippen LogP contribution in [0.15, 0.2) is 65.7 Å². The number of halogens is 1. The van der Waals surface area contributed by atoms with E-state index in [0.29, 0.717) is 50.4 Å². The van der Waals surface area contributed by atoms with Gasteiger partial charge < -0.3 is 23.4 Å². The zero-order valence-corrected chi connectivity index (χ0v) is 18.8. The van der Waals surface area contributed by atoms with Crippen LogP contribution in [0.2, 0.25) is 5.02 Å². The number of carbonyl (C=O) groups is 1. The van der Waals surface area contributed by atoms with E-state index in [-0.39, 0.29) is 5.75 Å². The molecule has 0 fully saturated rings. The maximum absolute atomic E-state index is 12.6. The van der Waals surface area contributed by atoms with E-state index in [0.717, 1.165) is 0 Å². The number of oxazole rings is 1. The Morgan fingerprint density at radius 1 is 0.879 bits per heavy atom. The van der Waals surface area contributed by atoms with Gasteiger partial charge in [0, 0.05) is 23.5 Å². The van der Waals surface area contributed by atoms with E-state index in [2.05, 4.69) is 9.97 Å². The molecule has 4 rings (SSSR count). The summed E-state index contributed by atoms with van der Waals surface area (Å²) in [7, 11) is 4.52. The van der Waals surface area contributed by atoms with Crippen molar-refractivity contribution in [1.82, 2.24) is 9.97 Å². The van der Waals surface area contributed by atoms with Gasteiger partial charge in [-0.25, -0.2) is 9.78 Å². The molecule has 0 amide bonds. The summed E-state index contributed by atoms with van der Waals surface area (Å²) in [6.07, 6.45) is 4.35. The van der Waals surface area contributed by atoms with Gasteiger partial charge in [-0.2, -0.15) is 0 Å². The van der Waals surface area contributed by atoms with E-state index in [4.69, 9.17) is 35.0 Å². The molecule has 2 aromatic carbocycles. The normalized spacial score (nSPS) is 10.5. The molecule has 0 unspecified atom stereocenters. The summed E-state index contributed by atoms with van der Waals surface area (Å²) in [4.78, 5) is 20.8. The van der Waals surface area contributed by atoms with Crippen LogP contribution in [0.25, 0.3) is 22.6 Å². The van der Waals surface area contributed by atoms with Crippen molar-refractivity contribution in [2.45, 2.75) is 0 Å². The number of methoxy groups -OCH3 is 3. The topological polar surface area (TPSA) is 92.9 Å². The van der Waals surface area contributed by atoms with Crippen LogP contribution in [-0.2, 0) is 0 Å². The number of carbonyl (C=O) groups excluding carboxylic acids is 1. The molecular formula is C24H19ClN2O6.